The standard InChI is InChI=1S/C17H27NO/c1-2-14-7-6-10-16(12-11-14)18-17(13-19)15-8-4-3-5-9-15/h3-5,8-9,14,16-19H,2,6-7,10-13H2,1H3. The SMILES string of the molecule is CCC1CCCC(NC(CO)c2ccccc2)CC1. The molecule has 1 aliphatic carbocycles. The number of nitrogens with one attached hydrogen (secondary N) is 1. The Morgan fingerprint density at radius 2 is 1.95 bits per heavy atom. The molecule has 2 rings (SSSR count). The van der Waals surface area contributed by atoms with E-state index in [9.17, 15) is 5.11 Å². The zero-order chi connectivity index (χ0) is 13.5. The van der Waals surface area contributed by atoms with E-state index in [0.717, 1.165) is 5.92 Å². The highest BCUT2D eigenvalue weighted by Crippen LogP contribution is 2.26. The maximum absolute atomic E-state index is 9.62. The van der Waals surface area contributed by atoms with Crippen molar-refractivity contribution in [3.8, 4) is 0 Å². The van der Waals surface area contributed by atoms with Crippen LogP contribution in [0.2, 0.25) is 0 Å². The van der Waals surface area contributed by atoms with Crippen LogP contribution in [0.25, 0.3) is 0 Å². The zero-order valence-corrected chi connectivity index (χ0v) is 12.0. The lowest BCUT2D eigenvalue weighted by Gasteiger charge is -2.24. The molecule has 0 amide bonds. The molecule has 2 heteroatoms. The molecular formula is C17H27NO. The summed E-state index contributed by atoms with van der Waals surface area (Å²) < 4.78 is 0. The third-order valence-electron chi connectivity index (χ3n) is 4.49. The summed E-state index contributed by atoms with van der Waals surface area (Å²) >= 11 is 0. The van der Waals surface area contributed by atoms with Gasteiger partial charge in [-0.25, -0.2) is 0 Å². The lowest BCUT2D eigenvalue weighted by atomic mass is 9.97. The smallest absolute Gasteiger partial charge is 0.0626 e. The van der Waals surface area contributed by atoms with Gasteiger partial charge in [-0.1, -0.05) is 56.5 Å². The van der Waals surface area contributed by atoms with E-state index in [2.05, 4.69) is 24.4 Å². The normalized spacial score (nSPS) is 25.8. The predicted molar refractivity (Wildman–Crippen MR) is 80.1 cm³/mol. The molecule has 19 heavy (non-hydrogen) atoms. The van der Waals surface area contributed by atoms with Crippen molar-refractivity contribution in [3.05, 3.63) is 35.9 Å². The van der Waals surface area contributed by atoms with Crippen molar-refractivity contribution in [2.24, 2.45) is 5.92 Å². The van der Waals surface area contributed by atoms with Gasteiger partial charge in [0.25, 0.3) is 0 Å². The van der Waals surface area contributed by atoms with Crippen molar-refractivity contribution in [2.45, 2.75) is 57.5 Å². The fourth-order valence-corrected chi connectivity index (χ4v) is 3.18. The lowest BCUT2D eigenvalue weighted by molar-refractivity contribution is 0.228. The summed E-state index contributed by atoms with van der Waals surface area (Å²) in [5.74, 6) is 0.913. The van der Waals surface area contributed by atoms with Crippen molar-refractivity contribution in [1.82, 2.24) is 5.32 Å². The van der Waals surface area contributed by atoms with Crippen LogP contribution in [0.5, 0.6) is 0 Å². The van der Waals surface area contributed by atoms with E-state index in [1.54, 1.807) is 0 Å². The van der Waals surface area contributed by atoms with Crippen molar-refractivity contribution in [3.63, 3.8) is 0 Å². The van der Waals surface area contributed by atoms with Gasteiger partial charge in [-0.3, -0.25) is 0 Å². The van der Waals surface area contributed by atoms with E-state index < -0.39 is 0 Å². The fraction of sp³-hybridized carbons (Fsp3) is 0.647. The number of rotatable bonds is 5. The van der Waals surface area contributed by atoms with Gasteiger partial charge in [0.15, 0.2) is 0 Å². The molecule has 1 aromatic rings. The number of hydrogen-bond acceptors (Lipinski definition) is 2. The number of aliphatic hydroxyl groups excluding tert-OH is 1. The van der Waals surface area contributed by atoms with E-state index in [4.69, 9.17) is 0 Å². The molecule has 0 radical (unpaired) electrons. The fourth-order valence-electron chi connectivity index (χ4n) is 3.18. The first-order chi connectivity index (χ1) is 9.33. The Morgan fingerprint density at radius 3 is 2.63 bits per heavy atom. The molecule has 106 valence electrons. The Kier molecular flexibility index (Phi) is 5.87. The van der Waals surface area contributed by atoms with E-state index in [1.165, 1.54) is 44.1 Å². The number of hydrogen-bond donors (Lipinski definition) is 2. The molecule has 1 fully saturated rings. The van der Waals surface area contributed by atoms with Gasteiger partial charge in [-0.2, -0.15) is 0 Å². The average Bonchev–Trinajstić information content (AvgIpc) is 2.70. The van der Waals surface area contributed by atoms with Crippen molar-refractivity contribution in [1.29, 1.82) is 0 Å². The summed E-state index contributed by atoms with van der Waals surface area (Å²) in [6.45, 7) is 2.48. The van der Waals surface area contributed by atoms with Crippen LogP contribution in [0.3, 0.4) is 0 Å². The van der Waals surface area contributed by atoms with Crippen molar-refractivity contribution >= 4 is 0 Å². The quantitative estimate of drug-likeness (QED) is 0.793. The summed E-state index contributed by atoms with van der Waals surface area (Å²) in [5.41, 5.74) is 1.20. The molecule has 2 nitrogen and oxygen atoms in total. The van der Waals surface area contributed by atoms with Crippen molar-refractivity contribution < 1.29 is 5.11 Å². The van der Waals surface area contributed by atoms with Gasteiger partial charge in [-0.15, -0.1) is 0 Å². The summed E-state index contributed by atoms with van der Waals surface area (Å²) in [5, 5.41) is 13.3. The van der Waals surface area contributed by atoms with Gasteiger partial charge in [0, 0.05) is 6.04 Å². The monoisotopic (exact) mass is 261 g/mol. The molecule has 0 aromatic heterocycles. The molecule has 1 aromatic carbocycles. The highest BCUT2D eigenvalue weighted by molar-refractivity contribution is 5.19. The molecule has 2 N–H and O–H groups in total. The first-order valence-electron chi connectivity index (χ1n) is 7.75. The van der Waals surface area contributed by atoms with Crippen molar-refractivity contribution in [2.75, 3.05) is 6.61 Å². The van der Waals surface area contributed by atoms with Gasteiger partial charge < -0.3 is 10.4 Å². The average molecular weight is 261 g/mol. The van der Waals surface area contributed by atoms with Crippen LogP contribution in [0.1, 0.15) is 57.1 Å². The Hall–Kier alpha value is -0.860. The second-order valence-electron chi connectivity index (χ2n) is 5.79. The number of aliphatic hydroxyl groups is 1. The third kappa shape index (κ3) is 4.32. The molecule has 0 aliphatic heterocycles. The highest BCUT2D eigenvalue weighted by atomic mass is 16.3. The Labute approximate surface area is 117 Å². The first kappa shape index (κ1) is 14.5. The molecular weight excluding hydrogens is 234 g/mol. The molecule has 3 atom stereocenters. The van der Waals surface area contributed by atoms with Crippen LogP contribution in [0, 0.1) is 5.92 Å². The van der Waals surface area contributed by atoms with Gasteiger partial charge in [0.05, 0.1) is 12.6 Å². The number of benzene rings is 1. The molecule has 0 heterocycles. The maximum Gasteiger partial charge on any atom is 0.0626 e. The van der Waals surface area contributed by atoms with Gasteiger partial charge in [-0.05, 0) is 30.7 Å². The highest BCUT2D eigenvalue weighted by Gasteiger charge is 2.20. The Bertz CT molecular complexity index is 352. The lowest BCUT2D eigenvalue weighted by Crippen LogP contribution is -2.34. The first-order valence-corrected chi connectivity index (χ1v) is 7.75. The Balaban J connectivity index is 1.91. The molecule has 0 spiro atoms. The minimum Gasteiger partial charge on any atom is -0.394 e. The largest absolute Gasteiger partial charge is 0.394 e. The second kappa shape index (κ2) is 7.66. The molecule has 3 unspecified atom stereocenters. The minimum absolute atomic E-state index is 0.0874. The molecule has 0 saturated heterocycles. The summed E-state index contributed by atoms with van der Waals surface area (Å²) in [6, 6.07) is 11.0. The maximum atomic E-state index is 9.62. The van der Waals surface area contributed by atoms with E-state index in [1.807, 2.05) is 18.2 Å². The van der Waals surface area contributed by atoms with Crippen LogP contribution < -0.4 is 5.32 Å². The van der Waals surface area contributed by atoms with E-state index in [-0.39, 0.29) is 12.6 Å². The molecule has 0 bridgehead atoms. The summed E-state index contributed by atoms with van der Waals surface area (Å²) in [7, 11) is 0. The van der Waals surface area contributed by atoms with Crippen LogP contribution >= 0.6 is 0 Å². The van der Waals surface area contributed by atoms with Gasteiger partial charge in [0.1, 0.15) is 0 Å². The topological polar surface area (TPSA) is 32.3 Å². The molecule has 1 aliphatic rings. The van der Waals surface area contributed by atoms with Gasteiger partial charge in [0.2, 0.25) is 0 Å². The van der Waals surface area contributed by atoms with Crippen LogP contribution in [0.4, 0.5) is 0 Å². The Morgan fingerprint density at radius 1 is 1.16 bits per heavy atom. The van der Waals surface area contributed by atoms with Gasteiger partial charge >= 0.3 is 0 Å². The van der Waals surface area contributed by atoms with E-state index in [0.29, 0.717) is 6.04 Å². The summed E-state index contributed by atoms with van der Waals surface area (Å²) in [6.07, 6.45) is 7.85. The predicted octanol–water partition coefficient (Wildman–Crippen LogP) is 3.67. The minimum atomic E-state index is 0.0874. The van der Waals surface area contributed by atoms with E-state index >= 15 is 0 Å². The van der Waals surface area contributed by atoms with Crippen LogP contribution in [0.15, 0.2) is 30.3 Å². The molecule has 1 saturated carbocycles. The second-order valence-corrected chi connectivity index (χ2v) is 5.79. The van der Waals surface area contributed by atoms with Crippen LogP contribution in [-0.2, 0) is 0 Å². The van der Waals surface area contributed by atoms with Crippen LogP contribution in [-0.4, -0.2) is 17.8 Å². The zero-order valence-electron chi connectivity index (χ0n) is 12.0. The summed E-state index contributed by atoms with van der Waals surface area (Å²) in [4.78, 5) is 0. The third-order valence-corrected chi connectivity index (χ3v) is 4.49.